The minimum absolute atomic E-state index is 0. The Morgan fingerprint density at radius 1 is 0.960 bits per heavy atom. The summed E-state index contributed by atoms with van der Waals surface area (Å²) >= 11 is 0. The molecule has 0 aromatic rings. The molecule has 14 nitrogen and oxygen atoms in total. The summed E-state index contributed by atoms with van der Waals surface area (Å²) in [4.78, 5) is 38.9. The molecule has 0 saturated carbocycles. The normalized spacial score (nSPS) is 14.6. The van der Waals surface area contributed by atoms with Crippen molar-refractivity contribution < 1.29 is 37.8 Å². The summed E-state index contributed by atoms with van der Waals surface area (Å²) in [6.45, 7) is -0.203. The number of hydrogen-bond acceptors (Lipinski definition) is 8. The van der Waals surface area contributed by atoms with Gasteiger partial charge < -0.3 is 49.9 Å². The minimum Gasteiger partial charge on any atom is -0.756 e. The summed E-state index contributed by atoms with van der Waals surface area (Å²) in [5.41, 5.74) is 10.1. The first-order valence-corrected chi connectivity index (χ1v) is 9.12. The van der Waals surface area contributed by atoms with Gasteiger partial charge in [-0.25, -0.2) is 0 Å². The fourth-order valence-corrected chi connectivity index (χ4v) is 1.45. The maximum atomic E-state index is 10.0. The van der Waals surface area contributed by atoms with E-state index in [1.165, 1.54) is 23.9 Å². The van der Waals surface area contributed by atoms with Crippen molar-refractivity contribution in [1.29, 1.82) is 10.8 Å². The molecule has 0 fully saturated rings. The third-order valence-corrected chi connectivity index (χ3v) is 3.20. The first-order valence-electron chi connectivity index (χ1n) is 6.12. The number of phosphoric acid groups is 2. The van der Waals surface area contributed by atoms with E-state index in [-0.39, 0.29) is 61.3 Å². The fraction of sp³-hybridized carbons (Fsp3) is 0.750. The first kappa shape index (κ1) is 29.3. The van der Waals surface area contributed by atoms with Gasteiger partial charge in [-0.2, -0.15) is 0 Å². The summed E-state index contributed by atoms with van der Waals surface area (Å²) in [5.74, 6) is -0.394. The van der Waals surface area contributed by atoms with Crippen LogP contribution >= 0.6 is 15.6 Å². The molecule has 0 heterocycles. The predicted molar refractivity (Wildman–Crippen MR) is 86.4 cm³/mol. The summed E-state index contributed by atoms with van der Waals surface area (Å²) < 4.78 is 28.1. The van der Waals surface area contributed by atoms with Crippen LogP contribution in [0.3, 0.4) is 0 Å². The van der Waals surface area contributed by atoms with Crippen molar-refractivity contribution >= 4 is 50.6 Å². The van der Waals surface area contributed by atoms with Gasteiger partial charge in [-0.15, -0.1) is 0 Å². The zero-order chi connectivity index (χ0) is 19.6. The van der Waals surface area contributed by atoms with E-state index >= 15 is 0 Å². The van der Waals surface area contributed by atoms with Crippen molar-refractivity contribution in [2.75, 3.05) is 40.4 Å². The number of phosphoric ester groups is 2. The third kappa shape index (κ3) is 23.5. The Kier molecular flexibility index (Phi) is 16.0. The van der Waals surface area contributed by atoms with E-state index in [9.17, 15) is 18.9 Å². The summed E-state index contributed by atoms with van der Waals surface area (Å²) in [6.07, 6.45) is 0. The molecule has 0 aliphatic rings. The van der Waals surface area contributed by atoms with Gasteiger partial charge in [0.15, 0.2) is 11.9 Å². The number of guanidine groups is 2. The quantitative estimate of drug-likeness (QED) is 0.0964. The summed E-state index contributed by atoms with van der Waals surface area (Å²) in [5, 5.41) is 13.7. The smallest absolute Gasteiger partial charge is 0.756 e. The fourth-order valence-electron chi connectivity index (χ4n) is 0.827. The number of likely N-dealkylation sites (N-methyl/N-ethyl adjacent to an activating group) is 2. The van der Waals surface area contributed by atoms with Gasteiger partial charge in [0.25, 0.3) is 15.6 Å². The summed E-state index contributed by atoms with van der Waals surface area (Å²) in [6, 6.07) is 0. The van der Waals surface area contributed by atoms with Gasteiger partial charge in [0.05, 0.1) is 13.2 Å². The summed E-state index contributed by atoms with van der Waals surface area (Å²) in [7, 11) is -6.28. The van der Waals surface area contributed by atoms with Crippen LogP contribution < -0.4 is 21.3 Å². The molecule has 2 atom stereocenters. The van der Waals surface area contributed by atoms with Crippen molar-refractivity contribution in [3.8, 4) is 0 Å². The van der Waals surface area contributed by atoms with E-state index < -0.39 is 15.6 Å². The van der Waals surface area contributed by atoms with E-state index in [2.05, 4.69) is 9.05 Å². The molecule has 0 aromatic carbocycles. The van der Waals surface area contributed by atoms with E-state index in [0.29, 0.717) is 0 Å². The first-order chi connectivity index (χ1) is 10.7. The van der Waals surface area contributed by atoms with E-state index in [4.69, 9.17) is 32.1 Å². The van der Waals surface area contributed by atoms with Gasteiger partial charge in [-0.1, -0.05) is 0 Å². The van der Waals surface area contributed by atoms with Crippen molar-refractivity contribution in [2.24, 2.45) is 11.5 Å². The van der Waals surface area contributed by atoms with Gasteiger partial charge in [0.1, 0.15) is 0 Å². The maximum absolute atomic E-state index is 10.0. The number of nitrogens with one attached hydrogen (secondary N) is 2. The molecule has 0 amide bonds. The Labute approximate surface area is 161 Å². The van der Waals surface area contributed by atoms with Crippen LogP contribution in [0.4, 0.5) is 0 Å². The van der Waals surface area contributed by atoms with Crippen LogP contribution in [0.25, 0.3) is 0 Å². The van der Waals surface area contributed by atoms with Gasteiger partial charge >= 0.3 is 23.1 Å². The molecular formula is C8H22MgN6O8P2. The van der Waals surface area contributed by atoms with Crippen LogP contribution in [-0.2, 0) is 18.2 Å². The Hall–Kier alpha value is -0.474. The van der Waals surface area contributed by atoms with Gasteiger partial charge in [-0.3, -0.25) is 19.9 Å². The van der Waals surface area contributed by atoms with Crippen molar-refractivity contribution in [3.05, 3.63) is 0 Å². The second kappa shape index (κ2) is 13.7. The molecular weight excluding hydrogens is 394 g/mol. The molecule has 0 bridgehead atoms. The van der Waals surface area contributed by atoms with Crippen LogP contribution in [0.1, 0.15) is 0 Å². The van der Waals surface area contributed by atoms with Crippen LogP contribution in [-0.4, -0.2) is 95.0 Å². The van der Waals surface area contributed by atoms with Crippen molar-refractivity contribution in [1.82, 2.24) is 9.80 Å². The average Bonchev–Trinajstić information content (AvgIpc) is 2.35. The van der Waals surface area contributed by atoms with Gasteiger partial charge in [-0.05, 0) is 0 Å². The second-order valence-corrected chi connectivity index (χ2v) is 6.61. The monoisotopic (exact) mass is 416 g/mol. The van der Waals surface area contributed by atoms with Gasteiger partial charge in [0, 0.05) is 27.2 Å². The van der Waals surface area contributed by atoms with Crippen molar-refractivity contribution in [2.45, 2.75) is 0 Å². The molecule has 0 aromatic heterocycles. The Morgan fingerprint density at radius 2 is 1.20 bits per heavy atom. The number of rotatable bonds is 8. The molecule has 0 spiro atoms. The molecule has 0 aliphatic carbocycles. The third-order valence-electron chi connectivity index (χ3n) is 2.18. The van der Waals surface area contributed by atoms with E-state index in [0.717, 1.165) is 0 Å². The molecule has 0 saturated heterocycles. The Bertz CT molecular complexity index is 455. The standard InChI is InChI=1S/2C4H12N3O4P.Mg/c2*1-7(4(5)6)2-3-11-12(8,9)10;/h2*2-3H2,1H3,(H3,5,6)(H2,8,9,10);/q;;+2/p-2. The Balaban J connectivity index is -0.000000372. The maximum Gasteiger partial charge on any atom is 2.00 e. The SMILES string of the molecule is CN(CCOP(=O)([O-])O)C(=N)N.CN(CCOP(=O)([O-])O)C(=N)N.[Mg+2]. The molecule has 25 heavy (non-hydrogen) atoms. The van der Waals surface area contributed by atoms with Crippen LogP contribution in [0.2, 0.25) is 0 Å². The predicted octanol–water partition coefficient (Wildman–Crippen LogP) is -3.80. The molecule has 0 aliphatic heterocycles. The molecule has 144 valence electrons. The molecule has 8 N–H and O–H groups in total. The van der Waals surface area contributed by atoms with E-state index in [1.807, 2.05) is 0 Å². The zero-order valence-corrected chi connectivity index (χ0v) is 17.0. The Morgan fingerprint density at radius 3 is 1.36 bits per heavy atom. The van der Waals surface area contributed by atoms with Crippen molar-refractivity contribution in [3.63, 3.8) is 0 Å². The molecule has 17 heteroatoms. The largest absolute Gasteiger partial charge is 2.00 e. The minimum atomic E-state index is -4.64. The number of nitrogens with zero attached hydrogens (tertiary/aromatic N) is 2. The van der Waals surface area contributed by atoms with Gasteiger partial charge in [0.2, 0.25) is 0 Å². The van der Waals surface area contributed by atoms with Crippen LogP contribution in [0.15, 0.2) is 0 Å². The average molecular weight is 417 g/mol. The van der Waals surface area contributed by atoms with Crippen LogP contribution in [0, 0.1) is 10.8 Å². The van der Waals surface area contributed by atoms with E-state index in [1.54, 1.807) is 0 Å². The molecule has 0 rings (SSSR count). The number of nitrogens with two attached hydrogens (primary N) is 2. The topological polar surface area (TPSA) is 245 Å². The molecule has 0 radical (unpaired) electrons. The zero-order valence-electron chi connectivity index (χ0n) is 13.8. The van der Waals surface area contributed by atoms with Crippen LogP contribution in [0.5, 0.6) is 0 Å². The second-order valence-electron chi connectivity index (χ2n) is 4.22. The molecule has 2 unspecified atom stereocenters. The number of hydrogen-bond donors (Lipinski definition) is 6.